The molecule has 7 nitrogen and oxygen atoms in total. The van der Waals surface area contributed by atoms with Gasteiger partial charge in [0.2, 0.25) is 0 Å². The molecule has 128 valence electrons. The minimum atomic E-state index is -0.874. The van der Waals surface area contributed by atoms with Crippen LogP contribution in [0, 0.1) is 0 Å². The molecule has 1 aliphatic rings. The van der Waals surface area contributed by atoms with Gasteiger partial charge in [0.25, 0.3) is 11.8 Å². The summed E-state index contributed by atoms with van der Waals surface area (Å²) in [4.78, 5) is 41.1. The van der Waals surface area contributed by atoms with Crippen molar-refractivity contribution < 1.29 is 28.7 Å². The van der Waals surface area contributed by atoms with Gasteiger partial charge in [0.15, 0.2) is 18.1 Å². The van der Waals surface area contributed by atoms with Crippen LogP contribution in [0.25, 0.3) is 0 Å². The molecule has 0 aliphatic carbocycles. The largest absolute Gasteiger partial charge is 0.490 e. The number of hydroxylamine groups is 2. The maximum absolute atomic E-state index is 12.1. The van der Waals surface area contributed by atoms with Gasteiger partial charge >= 0.3 is 5.97 Å². The number of fused-ring (bicyclic) bond motifs is 1. The van der Waals surface area contributed by atoms with Crippen molar-refractivity contribution in [1.82, 2.24) is 5.06 Å². The third-order valence-corrected chi connectivity index (χ3v) is 3.44. The van der Waals surface area contributed by atoms with Crippen molar-refractivity contribution in [2.75, 3.05) is 13.2 Å². The van der Waals surface area contributed by atoms with E-state index in [2.05, 4.69) is 0 Å². The summed E-state index contributed by atoms with van der Waals surface area (Å²) in [6.45, 7) is 1.80. The first-order valence-corrected chi connectivity index (χ1v) is 7.65. The Bertz CT molecular complexity index is 797. The highest BCUT2D eigenvalue weighted by molar-refractivity contribution is 6.20. The van der Waals surface area contributed by atoms with Gasteiger partial charge < -0.3 is 14.3 Å². The number of hydrogen-bond donors (Lipinski definition) is 0. The van der Waals surface area contributed by atoms with Crippen molar-refractivity contribution in [2.45, 2.75) is 6.92 Å². The van der Waals surface area contributed by atoms with Gasteiger partial charge in [-0.1, -0.05) is 29.3 Å². The van der Waals surface area contributed by atoms with E-state index in [-0.39, 0.29) is 11.1 Å². The van der Waals surface area contributed by atoms with Crippen molar-refractivity contribution in [1.29, 1.82) is 0 Å². The molecule has 2 aromatic rings. The van der Waals surface area contributed by atoms with Gasteiger partial charge in [0.1, 0.15) is 0 Å². The fraction of sp³-hybridized carbons (Fsp3) is 0.167. The minimum absolute atomic E-state index is 0.197. The molecule has 0 unspecified atom stereocenters. The zero-order valence-corrected chi connectivity index (χ0v) is 13.4. The van der Waals surface area contributed by atoms with Crippen LogP contribution < -0.4 is 9.47 Å². The molecule has 0 atom stereocenters. The van der Waals surface area contributed by atoms with Crippen molar-refractivity contribution in [3.05, 3.63) is 59.7 Å². The number of benzene rings is 2. The Balaban J connectivity index is 1.63. The number of para-hydroxylation sites is 2. The molecule has 25 heavy (non-hydrogen) atoms. The van der Waals surface area contributed by atoms with Crippen LogP contribution in [0.5, 0.6) is 11.5 Å². The Labute approximate surface area is 143 Å². The predicted octanol–water partition coefficient (Wildman–Crippen LogP) is 2.22. The Morgan fingerprint density at radius 1 is 0.880 bits per heavy atom. The summed E-state index contributed by atoms with van der Waals surface area (Å²) >= 11 is 0. The highest BCUT2D eigenvalue weighted by Gasteiger charge is 2.38. The Hall–Kier alpha value is -3.35. The summed E-state index contributed by atoms with van der Waals surface area (Å²) in [6.07, 6.45) is 0. The molecule has 0 radical (unpaired) electrons. The molecular weight excluding hydrogens is 326 g/mol. The number of carbonyl (C=O) groups is 3. The molecule has 2 amide bonds. The smallest absolute Gasteiger partial charge is 0.370 e. The summed E-state index contributed by atoms with van der Waals surface area (Å²) in [6, 6.07) is 13.1. The van der Waals surface area contributed by atoms with Gasteiger partial charge in [-0.25, -0.2) is 4.79 Å². The van der Waals surface area contributed by atoms with Crippen LogP contribution in [0.3, 0.4) is 0 Å². The standard InChI is InChI=1S/C18H15NO6/c1-2-23-14-9-5-6-10-15(14)24-11-16(20)25-19-17(21)12-7-3-4-8-13(12)18(19)22/h3-10H,2,11H2,1H3. The first-order chi connectivity index (χ1) is 12.1. The van der Waals surface area contributed by atoms with Crippen LogP contribution in [-0.4, -0.2) is 36.1 Å². The first-order valence-electron chi connectivity index (χ1n) is 7.65. The SMILES string of the molecule is CCOc1ccccc1OCC(=O)ON1C(=O)c2ccccc2C1=O. The third kappa shape index (κ3) is 3.30. The topological polar surface area (TPSA) is 82.1 Å². The second kappa shape index (κ2) is 7.04. The molecule has 0 fully saturated rings. The normalized spacial score (nSPS) is 12.8. The van der Waals surface area contributed by atoms with E-state index in [0.29, 0.717) is 23.2 Å². The summed E-state index contributed by atoms with van der Waals surface area (Å²) in [7, 11) is 0. The molecule has 0 saturated heterocycles. The van der Waals surface area contributed by atoms with Gasteiger partial charge in [-0.2, -0.15) is 0 Å². The summed E-state index contributed by atoms with van der Waals surface area (Å²) in [5, 5.41) is 0.449. The van der Waals surface area contributed by atoms with Crippen molar-refractivity contribution in [3.63, 3.8) is 0 Å². The Morgan fingerprint density at radius 3 is 1.96 bits per heavy atom. The second-order valence-corrected chi connectivity index (χ2v) is 5.08. The average Bonchev–Trinajstić information content (AvgIpc) is 2.87. The van der Waals surface area contributed by atoms with Crippen LogP contribution in [0.1, 0.15) is 27.6 Å². The van der Waals surface area contributed by atoms with Crippen LogP contribution in [-0.2, 0) is 9.63 Å². The minimum Gasteiger partial charge on any atom is -0.490 e. The maximum Gasteiger partial charge on any atom is 0.370 e. The lowest BCUT2D eigenvalue weighted by atomic mass is 10.1. The van der Waals surface area contributed by atoms with E-state index < -0.39 is 24.4 Å². The highest BCUT2D eigenvalue weighted by Crippen LogP contribution is 2.26. The van der Waals surface area contributed by atoms with E-state index >= 15 is 0 Å². The molecule has 2 aromatic carbocycles. The van der Waals surface area contributed by atoms with Crippen LogP contribution in [0.2, 0.25) is 0 Å². The summed E-state index contributed by atoms with van der Waals surface area (Å²) < 4.78 is 10.7. The number of rotatable bonds is 6. The van der Waals surface area contributed by atoms with E-state index in [1.165, 1.54) is 12.1 Å². The lowest BCUT2D eigenvalue weighted by Gasteiger charge is -2.14. The molecule has 0 N–H and O–H groups in total. The van der Waals surface area contributed by atoms with E-state index in [9.17, 15) is 14.4 Å². The summed E-state index contributed by atoms with van der Waals surface area (Å²) in [5.41, 5.74) is 0.394. The van der Waals surface area contributed by atoms with Gasteiger partial charge in [-0.15, -0.1) is 0 Å². The van der Waals surface area contributed by atoms with E-state index in [0.717, 1.165) is 0 Å². The van der Waals surface area contributed by atoms with Gasteiger partial charge in [0, 0.05) is 0 Å². The van der Waals surface area contributed by atoms with E-state index in [4.69, 9.17) is 14.3 Å². The lowest BCUT2D eigenvalue weighted by Crippen LogP contribution is -2.34. The van der Waals surface area contributed by atoms with Crippen LogP contribution in [0.15, 0.2) is 48.5 Å². The molecule has 0 bridgehead atoms. The molecule has 7 heteroatoms. The molecule has 0 spiro atoms. The molecule has 1 heterocycles. The number of nitrogens with zero attached hydrogens (tertiary/aromatic N) is 1. The quantitative estimate of drug-likeness (QED) is 0.749. The number of carbonyl (C=O) groups excluding carboxylic acids is 3. The van der Waals surface area contributed by atoms with Gasteiger partial charge in [-0.3, -0.25) is 9.59 Å². The number of hydrogen-bond acceptors (Lipinski definition) is 6. The maximum atomic E-state index is 12.1. The summed E-state index contributed by atoms with van der Waals surface area (Å²) in [5.74, 6) is -1.38. The van der Waals surface area contributed by atoms with Crippen molar-refractivity contribution >= 4 is 17.8 Å². The monoisotopic (exact) mass is 341 g/mol. The number of ether oxygens (including phenoxy) is 2. The zero-order chi connectivity index (χ0) is 17.8. The van der Waals surface area contributed by atoms with Crippen LogP contribution in [0.4, 0.5) is 0 Å². The van der Waals surface area contributed by atoms with Crippen LogP contribution >= 0.6 is 0 Å². The average molecular weight is 341 g/mol. The van der Waals surface area contributed by atoms with Gasteiger partial charge in [0.05, 0.1) is 17.7 Å². The van der Waals surface area contributed by atoms with E-state index in [1.807, 2.05) is 6.92 Å². The fourth-order valence-electron chi connectivity index (χ4n) is 2.36. The number of amides is 2. The molecule has 0 aromatic heterocycles. The third-order valence-electron chi connectivity index (χ3n) is 3.44. The van der Waals surface area contributed by atoms with E-state index in [1.54, 1.807) is 36.4 Å². The Kier molecular flexibility index (Phi) is 4.65. The number of imide groups is 1. The van der Waals surface area contributed by atoms with Gasteiger partial charge in [-0.05, 0) is 31.2 Å². The Morgan fingerprint density at radius 2 is 1.40 bits per heavy atom. The lowest BCUT2D eigenvalue weighted by molar-refractivity contribution is -0.170. The van der Waals surface area contributed by atoms with Crippen molar-refractivity contribution in [3.8, 4) is 11.5 Å². The predicted molar refractivity (Wildman–Crippen MR) is 86.1 cm³/mol. The molecule has 1 aliphatic heterocycles. The first kappa shape index (κ1) is 16.5. The molecule has 3 rings (SSSR count). The zero-order valence-electron chi connectivity index (χ0n) is 13.4. The van der Waals surface area contributed by atoms with Crippen molar-refractivity contribution in [2.24, 2.45) is 0 Å². The highest BCUT2D eigenvalue weighted by atomic mass is 16.7. The second-order valence-electron chi connectivity index (χ2n) is 5.08. The molecule has 0 saturated carbocycles. The fourth-order valence-corrected chi connectivity index (χ4v) is 2.36. The molecular formula is C18H15NO6.